The minimum absolute atomic E-state index is 0. The normalized spacial score (nSPS) is 16.5. The largest absolute Gasteiger partial charge is 4.00 e. The van der Waals surface area contributed by atoms with Crippen LogP contribution in [-0.2, 0) is 34.8 Å². The van der Waals surface area contributed by atoms with E-state index in [4.69, 9.17) is 0 Å². The van der Waals surface area contributed by atoms with Crippen molar-refractivity contribution in [1.82, 2.24) is 28.7 Å². The van der Waals surface area contributed by atoms with Crippen LogP contribution in [0.2, 0.25) is 0 Å². The van der Waals surface area contributed by atoms with Crippen molar-refractivity contribution < 1.29 is 56.8 Å². The third kappa shape index (κ3) is 12.5. The quantitative estimate of drug-likeness (QED) is 0.0836. The molecule has 8 rings (SSSR count). The number of hydrogen-bond acceptors (Lipinski definition) is 4. The number of allylic oxidation sites excluding steroid dienone is 8. The molecule has 0 N–H and O–H groups in total. The summed E-state index contributed by atoms with van der Waals surface area (Å²) in [5.74, 6) is -11.9. The molecule has 0 spiro atoms. The van der Waals surface area contributed by atoms with Gasteiger partial charge in [-0.3, -0.25) is 39.5 Å². The Bertz CT molecular complexity index is 2000. The van der Waals surface area contributed by atoms with Crippen LogP contribution in [0, 0.1) is 98.5 Å². The monoisotopic (exact) mass is 886 g/mol. The third-order valence-electron chi connectivity index (χ3n) is 10.7. The van der Waals surface area contributed by atoms with Crippen LogP contribution < -0.4 is 0 Å². The van der Waals surface area contributed by atoms with E-state index < -0.39 is 57.9 Å². The predicted molar refractivity (Wildman–Crippen MR) is 217 cm³/mol. The van der Waals surface area contributed by atoms with Crippen LogP contribution in [0.3, 0.4) is 0 Å². The molecule has 6 nitrogen and oxygen atoms in total. The molecule has 0 amide bonds. The van der Waals surface area contributed by atoms with Crippen LogP contribution in [0.15, 0.2) is 48.6 Å². The van der Waals surface area contributed by atoms with Crippen molar-refractivity contribution in [3.05, 3.63) is 153 Å². The van der Waals surface area contributed by atoms with Gasteiger partial charge in [-0.1, -0.05) is 0 Å². The molecule has 2 fully saturated rings. The van der Waals surface area contributed by atoms with Crippen LogP contribution in [0.1, 0.15) is 46.7 Å². The van der Waals surface area contributed by atoms with Gasteiger partial charge in [0.25, 0.3) is 0 Å². The van der Waals surface area contributed by atoms with E-state index in [-0.39, 0.29) is 21.7 Å². The van der Waals surface area contributed by atoms with Crippen LogP contribution in [-0.4, -0.2) is 95.2 Å². The van der Waals surface area contributed by atoms with Gasteiger partial charge >= 0.3 is 21.7 Å². The standard InChI is InChI=1S/2C18H20F4N3.2C5H5.Ti/c2*1-11-8-13(10-24-6-4-23(3)5-7-24)12(2)25(11)18-16(21)14(19)9-15(20)17(18)22;2*1-2-4-5-3-1;/h2*8H,4-7,10H2,1-3H3;2*1-3H,4H2;/q4*-1;+4. The van der Waals surface area contributed by atoms with Crippen LogP contribution in [0.5, 0.6) is 0 Å². The first-order valence-electron chi connectivity index (χ1n) is 19.7. The van der Waals surface area contributed by atoms with E-state index in [0.29, 0.717) is 35.9 Å². The van der Waals surface area contributed by atoms with Crippen molar-refractivity contribution in [3.8, 4) is 11.4 Å². The molecule has 61 heavy (non-hydrogen) atoms. The van der Waals surface area contributed by atoms with Gasteiger partial charge in [-0.25, -0.2) is 41.9 Å². The van der Waals surface area contributed by atoms with Gasteiger partial charge in [0.2, 0.25) is 0 Å². The predicted octanol–water partition coefficient (Wildman–Crippen LogP) is 9.01. The number of rotatable bonds is 6. The number of nitrogens with zero attached hydrogens (tertiary/aromatic N) is 6. The second kappa shape index (κ2) is 22.9. The molecular formula is C46H50F8N6Ti. The Morgan fingerprint density at radius 3 is 1.05 bits per heavy atom. The number of hydrogen-bond donors (Lipinski definition) is 0. The van der Waals surface area contributed by atoms with E-state index in [2.05, 4.69) is 58.0 Å². The molecule has 2 saturated heterocycles. The number of piperazine rings is 2. The van der Waals surface area contributed by atoms with Gasteiger partial charge in [0, 0.05) is 99.6 Å². The average molecular weight is 887 g/mol. The average Bonchev–Trinajstić information content (AvgIpc) is 4.07. The fourth-order valence-electron chi connectivity index (χ4n) is 7.25. The molecule has 4 aliphatic rings. The van der Waals surface area contributed by atoms with Gasteiger partial charge in [-0.05, 0) is 65.0 Å². The van der Waals surface area contributed by atoms with Crippen LogP contribution in [0.25, 0.3) is 11.4 Å². The maximum Gasteiger partial charge on any atom is 4.00 e. The number of likely N-dealkylation sites (N-methyl/N-ethyl adjacent to an activating group) is 2. The van der Waals surface area contributed by atoms with Gasteiger partial charge in [0.05, 0.1) is 46.5 Å². The Hall–Kier alpha value is -4.05. The molecule has 0 radical (unpaired) electrons. The van der Waals surface area contributed by atoms with Gasteiger partial charge in [-0.15, -0.1) is 25.0 Å². The van der Waals surface area contributed by atoms with Gasteiger partial charge in [-0.2, -0.15) is 12.2 Å². The minimum atomic E-state index is -1.53. The van der Waals surface area contributed by atoms with Crippen molar-refractivity contribution in [2.24, 2.45) is 0 Å². The first-order chi connectivity index (χ1) is 28.6. The summed E-state index contributed by atoms with van der Waals surface area (Å²) in [6.07, 6.45) is 20.0. The van der Waals surface area contributed by atoms with Crippen LogP contribution >= 0.6 is 0 Å². The fraction of sp³-hybridized carbons (Fsp3) is 0.391. The zero-order valence-electron chi connectivity index (χ0n) is 35.3. The zero-order valence-corrected chi connectivity index (χ0v) is 36.9. The first kappa shape index (κ1) is 49.6. The molecule has 4 aromatic rings. The van der Waals surface area contributed by atoms with Crippen molar-refractivity contribution >= 4 is 0 Å². The minimum Gasteiger partial charge on any atom is -0.336 e. The molecule has 4 heterocycles. The molecule has 0 saturated carbocycles. The van der Waals surface area contributed by atoms with Crippen molar-refractivity contribution in [3.63, 3.8) is 0 Å². The molecule has 2 aliphatic heterocycles. The number of benzene rings is 2. The van der Waals surface area contributed by atoms with E-state index in [1.54, 1.807) is 39.8 Å². The molecule has 2 aromatic carbocycles. The summed E-state index contributed by atoms with van der Waals surface area (Å²) in [4.78, 5) is 8.96. The van der Waals surface area contributed by atoms with Crippen LogP contribution in [0.4, 0.5) is 35.1 Å². The third-order valence-corrected chi connectivity index (χ3v) is 10.7. The second-order valence-electron chi connectivity index (χ2n) is 15.1. The second-order valence-corrected chi connectivity index (χ2v) is 15.1. The SMILES string of the molecule is Cc1cc(CN2CCN(C)CC2)c(C)n1-c1c(F)c(F)[c-]c(F)c1F.Cc1cc(CN2CCN(C)CC2)c(C)n1-c1c(F)c(F)[c-]c(F)c1F.[C-]1=CC=CC1.[C-]1=CC=CC1.[Ti+4]. The maximum absolute atomic E-state index is 14.1. The summed E-state index contributed by atoms with van der Waals surface area (Å²) in [5.41, 5.74) is 2.48. The molecule has 0 bridgehead atoms. The Morgan fingerprint density at radius 1 is 0.492 bits per heavy atom. The summed E-state index contributed by atoms with van der Waals surface area (Å²) < 4.78 is 113. The van der Waals surface area contributed by atoms with E-state index in [0.717, 1.165) is 76.3 Å². The van der Waals surface area contributed by atoms with Crippen molar-refractivity contribution in [2.45, 2.75) is 53.6 Å². The number of aromatic nitrogens is 2. The van der Waals surface area contributed by atoms with E-state index >= 15 is 0 Å². The molecule has 2 aliphatic carbocycles. The fourth-order valence-corrected chi connectivity index (χ4v) is 7.25. The topological polar surface area (TPSA) is 22.8 Å². The van der Waals surface area contributed by atoms with E-state index in [1.165, 1.54) is 21.3 Å². The van der Waals surface area contributed by atoms with Crippen molar-refractivity contribution in [1.29, 1.82) is 0 Å². The van der Waals surface area contributed by atoms with E-state index in [1.807, 2.05) is 24.3 Å². The molecular weight excluding hydrogens is 836 g/mol. The van der Waals surface area contributed by atoms with Gasteiger partial charge in [0.1, 0.15) is 0 Å². The summed E-state index contributed by atoms with van der Waals surface area (Å²) in [5, 5.41) is 0. The first-order valence-corrected chi connectivity index (χ1v) is 19.7. The summed E-state index contributed by atoms with van der Waals surface area (Å²) in [6.45, 7) is 15.4. The summed E-state index contributed by atoms with van der Waals surface area (Å²) in [6, 6.07) is 6.46. The Kier molecular flexibility index (Phi) is 18.6. The Morgan fingerprint density at radius 2 is 0.803 bits per heavy atom. The summed E-state index contributed by atoms with van der Waals surface area (Å²) in [7, 11) is 4.12. The molecule has 0 unspecified atom stereocenters. The number of aryl methyl sites for hydroxylation is 2. The zero-order chi connectivity index (χ0) is 43.7. The smallest absolute Gasteiger partial charge is 0.336 e. The molecule has 15 heteroatoms. The Labute approximate surface area is 369 Å². The Balaban J connectivity index is 0.000000215. The maximum atomic E-state index is 14.1. The molecule has 2 aromatic heterocycles. The van der Waals surface area contributed by atoms with Gasteiger partial charge < -0.3 is 18.9 Å². The number of halogens is 8. The van der Waals surface area contributed by atoms with E-state index in [9.17, 15) is 35.1 Å². The molecule has 324 valence electrons. The van der Waals surface area contributed by atoms with Gasteiger partial charge in [0.15, 0.2) is 0 Å². The van der Waals surface area contributed by atoms with Crippen molar-refractivity contribution in [2.75, 3.05) is 66.5 Å². The molecule has 0 atom stereocenters. The summed E-state index contributed by atoms with van der Waals surface area (Å²) >= 11 is 0.